The predicted molar refractivity (Wildman–Crippen MR) is 151 cm³/mol. The minimum absolute atomic E-state index is 0.0300. The fourth-order valence-corrected chi connectivity index (χ4v) is 9.34. The summed E-state index contributed by atoms with van der Waals surface area (Å²) in [7, 11) is 0. The number of anilines is 1. The second kappa shape index (κ2) is 11.3. The van der Waals surface area contributed by atoms with Crippen molar-refractivity contribution in [2.75, 3.05) is 24.7 Å². The highest BCUT2D eigenvalue weighted by atomic mass is 32.2. The van der Waals surface area contributed by atoms with Gasteiger partial charge in [0.15, 0.2) is 0 Å². The molecule has 0 saturated carbocycles. The number of para-hydroxylation sites is 1. The lowest BCUT2D eigenvalue weighted by atomic mass is 9.66. The van der Waals surface area contributed by atoms with E-state index >= 15 is 0 Å². The van der Waals surface area contributed by atoms with Crippen LogP contribution in [0.15, 0.2) is 43.5 Å². The minimum atomic E-state index is -0.813. The molecular weight excluding hydrogens is 500 g/mol. The fraction of sp³-hybridized carbons (Fsp3) is 0.567. The summed E-state index contributed by atoms with van der Waals surface area (Å²) in [6, 6.07) is 4.57. The number of hydrogen-bond donors (Lipinski definition) is 1. The predicted octanol–water partition coefficient (Wildman–Crippen LogP) is 4.05. The van der Waals surface area contributed by atoms with Gasteiger partial charge in [-0.05, 0) is 50.2 Å². The van der Waals surface area contributed by atoms with Crippen molar-refractivity contribution >= 4 is 35.2 Å². The van der Waals surface area contributed by atoms with Crippen molar-refractivity contribution in [1.82, 2.24) is 4.90 Å². The normalized spacial score (nSPS) is 30.2. The van der Waals surface area contributed by atoms with Gasteiger partial charge in [-0.1, -0.05) is 44.2 Å². The van der Waals surface area contributed by atoms with E-state index in [-0.39, 0.29) is 48.7 Å². The number of aliphatic hydroxyl groups excluding tert-OH is 1. The summed E-state index contributed by atoms with van der Waals surface area (Å²) in [6.45, 7) is 15.8. The lowest BCUT2D eigenvalue weighted by molar-refractivity contribution is -0.154. The number of thioether (sulfide) groups is 1. The third-order valence-electron chi connectivity index (χ3n) is 8.62. The highest BCUT2D eigenvalue weighted by molar-refractivity contribution is 8.02. The van der Waals surface area contributed by atoms with Crippen LogP contribution in [0.2, 0.25) is 0 Å². The van der Waals surface area contributed by atoms with Gasteiger partial charge in [0.05, 0.1) is 35.8 Å². The second-order valence-corrected chi connectivity index (χ2v) is 12.3. The molecular formula is C30H40N2O5S. The maximum absolute atomic E-state index is 14.8. The Morgan fingerprint density at radius 2 is 1.97 bits per heavy atom. The number of benzene rings is 1. The van der Waals surface area contributed by atoms with Gasteiger partial charge in [0.2, 0.25) is 5.91 Å². The first-order valence-electron chi connectivity index (χ1n) is 13.6. The molecule has 3 unspecified atom stereocenters. The van der Waals surface area contributed by atoms with Gasteiger partial charge in [0.25, 0.3) is 5.91 Å². The van der Waals surface area contributed by atoms with Crippen LogP contribution in [0, 0.1) is 31.6 Å². The quantitative estimate of drug-likeness (QED) is 0.259. The molecule has 206 valence electrons. The summed E-state index contributed by atoms with van der Waals surface area (Å²) in [6.07, 6.45) is 5.16. The number of esters is 1. The van der Waals surface area contributed by atoms with Crippen molar-refractivity contribution in [2.45, 2.75) is 69.0 Å². The number of carbonyl (C=O) groups is 3. The van der Waals surface area contributed by atoms with E-state index in [1.807, 2.05) is 39.0 Å². The molecule has 7 atom stereocenters. The molecule has 8 heteroatoms. The van der Waals surface area contributed by atoms with Crippen LogP contribution in [-0.2, 0) is 19.1 Å². The molecule has 3 aliphatic rings. The smallest absolute Gasteiger partial charge is 0.310 e. The Kier molecular flexibility index (Phi) is 8.43. The molecule has 4 rings (SSSR count). The molecule has 0 aliphatic carbocycles. The molecule has 3 fully saturated rings. The van der Waals surface area contributed by atoms with E-state index in [9.17, 15) is 19.5 Å². The number of fused-ring (bicyclic) bond motifs is 1. The zero-order chi connectivity index (χ0) is 27.8. The average molecular weight is 541 g/mol. The van der Waals surface area contributed by atoms with Crippen molar-refractivity contribution in [3.63, 3.8) is 0 Å². The van der Waals surface area contributed by atoms with Crippen LogP contribution in [0.1, 0.15) is 44.2 Å². The monoisotopic (exact) mass is 540 g/mol. The third kappa shape index (κ3) is 4.30. The van der Waals surface area contributed by atoms with Gasteiger partial charge in [-0.3, -0.25) is 14.4 Å². The first-order chi connectivity index (χ1) is 18.2. The standard InChI is InChI=1S/C30H40N2O5S/c1-7-10-15-37-29(36)23-22-16-20(6)30(38-22)24(23)27(34)32(21(9-3)17-33)26(30)28(35)31(14-8-2)25-18(4)12-11-13-19(25)5/h7-8,11-13,20-24,26,33H,1-2,9-10,14-17H2,3-6H3/t20?,21-,22+,23-,24-,26?,30?/m0/s1. The van der Waals surface area contributed by atoms with Gasteiger partial charge < -0.3 is 19.6 Å². The fourth-order valence-electron chi connectivity index (χ4n) is 6.95. The first kappa shape index (κ1) is 28.4. The van der Waals surface area contributed by atoms with E-state index in [4.69, 9.17) is 4.74 Å². The number of hydrogen-bond acceptors (Lipinski definition) is 6. The zero-order valence-corrected chi connectivity index (χ0v) is 23.7. The van der Waals surface area contributed by atoms with Crippen LogP contribution < -0.4 is 4.90 Å². The van der Waals surface area contributed by atoms with Crippen LogP contribution in [0.5, 0.6) is 0 Å². The van der Waals surface area contributed by atoms with E-state index in [0.29, 0.717) is 12.8 Å². The van der Waals surface area contributed by atoms with Gasteiger partial charge >= 0.3 is 5.97 Å². The molecule has 7 nitrogen and oxygen atoms in total. The molecule has 1 aromatic carbocycles. The Hall–Kier alpha value is -2.58. The maximum atomic E-state index is 14.8. The second-order valence-electron chi connectivity index (χ2n) is 10.8. The van der Waals surface area contributed by atoms with Crippen LogP contribution in [0.3, 0.4) is 0 Å². The summed E-state index contributed by atoms with van der Waals surface area (Å²) in [5, 5.41) is 10.2. The number of rotatable bonds is 11. The Morgan fingerprint density at radius 1 is 1.29 bits per heavy atom. The maximum Gasteiger partial charge on any atom is 0.310 e. The van der Waals surface area contributed by atoms with Crippen LogP contribution >= 0.6 is 11.8 Å². The molecule has 3 saturated heterocycles. The summed E-state index contributed by atoms with van der Waals surface area (Å²) >= 11 is 1.62. The van der Waals surface area contributed by atoms with E-state index in [2.05, 4.69) is 20.1 Å². The van der Waals surface area contributed by atoms with Crippen molar-refractivity contribution < 1.29 is 24.2 Å². The molecule has 1 N–H and O–H groups in total. The number of aliphatic hydroxyl groups is 1. The van der Waals surface area contributed by atoms with E-state index < -0.39 is 28.7 Å². The Bertz CT molecular complexity index is 1100. The molecule has 1 aromatic rings. The number of carbonyl (C=O) groups excluding carboxylic acids is 3. The van der Waals surface area contributed by atoms with Crippen molar-refractivity contribution in [3.8, 4) is 0 Å². The molecule has 38 heavy (non-hydrogen) atoms. The van der Waals surface area contributed by atoms with Crippen molar-refractivity contribution in [3.05, 3.63) is 54.6 Å². The molecule has 0 aromatic heterocycles. The van der Waals surface area contributed by atoms with Gasteiger partial charge in [-0.25, -0.2) is 0 Å². The highest BCUT2D eigenvalue weighted by Gasteiger charge is 2.77. The topological polar surface area (TPSA) is 87.1 Å². The summed E-state index contributed by atoms with van der Waals surface area (Å²) in [4.78, 5) is 45.7. The molecule has 1 spiro atoms. The van der Waals surface area contributed by atoms with Gasteiger partial charge in [-0.2, -0.15) is 0 Å². The van der Waals surface area contributed by atoms with Gasteiger partial charge in [0.1, 0.15) is 6.04 Å². The van der Waals surface area contributed by atoms with Gasteiger partial charge in [0, 0.05) is 17.5 Å². The van der Waals surface area contributed by atoms with Crippen LogP contribution in [0.4, 0.5) is 5.69 Å². The number of nitrogens with zero attached hydrogens (tertiary/aromatic N) is 2. The lowest BCUT2D eigenvalue weighted by Gasteiger charge is -2.42. The van der Waals surface area contributed by atoms with E-state index in [0.717, 1.165) is 23.2 Å². The Morgan fingerprint density at radius 3 is 2.55 bits per heavy atom. The number of aryl methyl sites for hydroxylation is 2. The molecule has 2 amide bonds. The number of amides is 2. The SMILES string of the molecule is C=CCCOC(=O)[C@@H]1[C@H]2C(=O)N([C@@H](CC)CO)C(C(=O)N(CC=C)c3c(C)cccc3C)C23S[C@@H]1CC3C. The van der Waals surface area contributed by atoms with E-state index in [1.54, 1.807) is 33.7 Å². The molecule has 3 aliphatic heterocycles. The van der Waals surface area contributed by atoms with Crippen LogP contribution in [-0.4, -0.2) is 69.6 Å². The first-order valence-corrected chi connectivity index (χ1v) is 14.4. The number of likely N-dealkylation sites (tertiary alicyclic amines) is 1. The summed E-state index contributed by atoms with van der Waals surface area (Å²) in [5.74, 6) is -2.04. The molecule has 0 radical (unpaired) electrons. The summed E-state index contributed by atoms with van der Waals surface area (Å²) in [5.41, 5.74) is 2.73. The third-order valence-corrected chi connectivity index (χ3v) is 10.7. The Labute approximate surface area is 230 Å². The average Bonchev–Trinajstić information content (AvgIpc) is 3.48. The van der Waals surface area contributed by atoms with Crippen molar-refractivity contribution in [2.24, 2.45) is 17.8 Å². The largest absolute Gasteiger partial charge is 0.465 e. The number of ether oxygens (including phenoxy) is 1. The minimum Gasteiger partial charge on any atom is -0.465 e. The van der Waals surface area contributed by atoms with E-state index in [1.165, 1.54) is 0 Å². The zero-order valence-electron chi connectivity index (χ0n) is 22.9. The summed E-state index contributed by atoms with van der Waals surface area (Å²) < 4.78 is 4.81. The van der Waals surface area contributed by atoms with Crippen LogP contribution in [0.25, 0.3) is 0 Å². The lowest BCUT2D eigenvalue weighted by Crippen LogP contribution is -2.59. The molecule has 2 bridgehead atoms. The highest BCUT2D eigenvalue weighted by Crippen LogP contribution is 2.69. The molecule has 3 heterocycles. The van der Waals surface area contributed by atoms with Gasteiger partial charge in [-0.15, -0.1) is 24.9 Å². The van der Waals surface area contributed by atoms with Crippen molar-refractivity contribution in [1.29, 1.82) is 0 Å². The Balaban J connectivity index is 1.84.